The molecule has 2 atom stereocenters. The molecule has 14 heavy (non-hydrogen) atoms. The van der Waals surface area contributed by atoms with Gasteiger partial charge in [-0.05, 0) is 33.1 Å². The molecule has 1 aliphatic rings. The lowest BCUT2D eigenvalue weighted by atomic mass is 9.81. The van der Waals surface area contributed by atoms with E-state index in [1.807, 2.05) is 6.08 Å². The van der Waals surface area contributed by atoms with E-state index in [9.17, 15) is 9.90 Å². The van der Waals surface area contributed by atoms with Crippen molar-refractivity contribution in [2.45, 2.75) is 38.7 Å². The number of allylic oxidation sites excluding steroid dienone is 1. The summed E-state index contributed by atoms with van der Waals surface area (Å²) in [4.78, 5) is 11.4. The summed E-state index contributed by atoms with van der Waals surface area (Å²) in [6.45, 7) is 3.85. The summed E-state index contributed by atoms with van der Waals surface area (Å²) in [6.07, 6.45) is 6.22. The fourth-order valence-electron chi connectivity index (χ4n) is 1.71. The Labute approximate surface area is 84.8 Å². The first kappa shape index (κ1) is 11.2. The summed E-state index contributed by atoms with van der Waals surface area (Å²) < 4.78 is 4.89. The van der Waals surface area contributed by atoms with Crippen molar-refractivity contribution in [1.29, 1.82) is 0 Å². The fourth-order valence-corrected chi connectivity index (χ4v) is 1.71. The predicted molar refractivity (Wildman–Crippen MR) is 53.7 cm³/mol. The van der Waals surface area contributed by atoms with Crippen molar-refractivity contribution in [3.8, 4) is 0 Å². The van der Waals surface area contributed by atoms with Gasteiger partial charge in [-0.3, -0.25) is 4.79 Å². The Morgan fingerprint density at radius 1 is 1.71 bits per heavy atom. The quantitative estimate of drug-likeness (QED) is 0.554. The minimum Gasteiger partial charge on any atom is -0.466 e. The number of hydrogen-bond donors (Lipinski definition) is 1. The van der Waals surface area contributed by atoms with Gasteiger partial charge in [-0.2, -0.15) is 0 Å². The monoisotopic (exact) mass is 198 g/mol. The first-order valence-electron chi connectivity index (χ1n) is 5.17. The van der Waals surface area contributed by atoms with Crippen LogP contribution >= 0.6 is 0 Å². The molecular weight excluding hydrogens is 180 g/mol. The molecule has 0 aliphatic heterocycles. The van der Waals surface area contributed by atoms with Gasteiger partial charge in [0, 0.05) is 0 Å². The Kier molecular flexibility index (Phi) is 3.69. The van der Waals surface area contributed by atoms with Crippen molar-refractivity contribution in [3.63, 3.8) is 0 Å². The molecule has 0 aromatic rings. The Balaban J connectivity index is 2.66. The second-order valence-corrected chi connectivity index (χ2v) is 3.76. The van der Waals surface area contributed by atoms with Gasteiger partial charge in [0.2, 0.25) is 0 Å². The highest BCUT2D eigenvalue weighted by Gasteiger charge is 2.37. The highest BCUT2D eigenvalue weighted by atomic mass is 16.5. The maximum atomic E-state index is 11.4. The van der Waals surface area contributed by atoms with Crippen molar-refractivity contribution in [1.82, 2.24) is 0 Å². The van der Waals surface area contributed by atoms with Gasteiger partial charge >= 0.3 is 5.97 Å². The molecule has 3 nitrogen and oxygen atoms in total. The molecule has 3 heteroatoms. The van der Waals surface area contributed by atoms with E-state index in [0.29, 0.717) is 13.0 Å². The first-order chi connectivity index (χ1) is 6.60. The van der Waals surface area contributed by atoms with Crippen LogP contribution in [0.15, 0.2) is 12.2 Å². The van der Waals surface area contributed by atoms with E-state index in [1.54, 1.807) is 19.9 Å². The molecular formula is C11H18O3. The average molecular weight is 198 g/mol. The number of ether oxygens (including phenoxy) is 1. The van der Waals surface area contributed by atoms with E-state index >= 15 is 0 Å². The van der Waals surface area contributed by atoms with Gasteiger partial charge < -0.3 is 9.84 Å². The van der Waals surface area contributed by atoms with Crippen LogP contribution in [0.25, 0.3) is 0 Å². The third-order valence-corrected chi connectivity index (χ3v) is 2.74. The Morgan fingerprint density at radius 2 is 2.43 bits per heavy atom. The van der Waals surface area contributed by atoms with E-state index in [1.165, 1.54) is 0 Å². The topological polar surface area (TPSA) is 46.5 Å². The second-order valence-electron chi connectivity index (χ2n) is 3.76. The smallest absolute Gasteiger partial charge is 0.311 e. The summed E-state index contributed by atoms with van der Waals surface area (Å²) >= 11 is 0. The van der Waals surface area contributed by atoms with Gasteiger partial charge in [0.1, 0.15) is 0 Å². The van der Waals surface area contributed by atoms with Gasteiger partial charge in [0.05, 0.1) is 18.1 Å². The summed E-state index contributed by atoms with van der Waals surface area (Å²) in [6, 6.07) is 0. The molecule has 0 bridgehead atoms. The molecule has 0 fully saturated rings. The molecule has 1 rings (SSSR count). The lowest BCUT2D eigenvalue weighted by Crippen LogP contribution is -2.40. The number of carbonyl (C=O) groups is 1. The SMILES string of the molecule is CCOC(=O)[C@H](C)[C@@]1(O)C=CCCC1. The third-order valence-electron chi connectivity index (χ3n) is 2.74. The zero-order valence-electron chi connectivity index (χ0n) is 8.82. The molecule has 0 unspecified atom stereocenters. The van der Waals surface area contributed by atoms with Crippen molar-refractivity contribution >= 4 is 5.97 Å². The maximum absolute atomic E-state index is 11.4. The normalized spacial score (nSPS) is 28.5. The number of rotatable bonds is 3. The van der Waals surface area contributed by atoms with Crippen LogP contribution in [0.3, 0.4) is 0 Å². The first-order valence-corrected chi connectivity index (χ1v) is 5.17. The van der Waals surface area contributed by atoms with Gasteiger partial charge in [-0.25, -0.2) is 0 Å². The van der Waals surface area contributed by atoms with E-state index in [2.05, 4.69) is 0 Å². The number of hydrogen-bond acceptors (Lipinski definition) is 3. The molecule has 0 saturated heterocycles. The molecule has 80 valence electrons. The molecule has 0 aromatic carbocycles. The van der Waals surface area contributed by atoms with Crippen LogP contribution in [0.4, 0.5) is 0 Å². The minimum atomic E-state index is -0.996. The van der Waals surface area contributed by atoms with Crippen LogP contribution in [-0.2, 0) is 9.53 Å². The van der Waals surface area contributed by atoms with Crippen LogP contribution in [0.5, 0.6) is 0 Å². The maximum Gasteiger partial charge on any atom is 0.311 e. The average Bonchev–Trinajstić information content (AvgIpc) is 2.18. The van der Waals surface area contributed by atoms with E-state index in [0.717, 1.165) is 12.8 Å². The minimum absolute atomic E-state index is 0.318. The van der Waals surface area contributed by atoms with Crippen molar-refractivity contribution < 1.29 is 14.6 Å². The Bertz CT molecular complexity index is 235. The number of carbonyl (C=O) groups excluding carboxylic acids is 1. The molecule has 1 N–H and O–H groups in total. The molecule has 0 saturated carbocycles. The van der Waals surface area contributed by atoms with Gasteiger partial charge in [0.25, 0.3) is 0 Å². The second kappa shape index (κ2) is 4.60. The highest BCUT2D eigenvalue weighted by Crippen LogP contribution is 2.30. The largest absolute Gasteiger partial charge is 0.466 e. The lowest BCUT2D eigenvalue weighted by Gasteiger charge is -2.31. The van der Waals surface area contributed by atoms with E-state index < -0.39 is 11.5 Å². The standard InChI is InChI=1S/C11H18O3/c1-3-14-10(12)9(2)11(13)7-5-4-6-8-11/h5,7,9,13H,3-4,6,8H2,1-2H3/t9-,11+/m0/s1. The fraction of sp³-hybridized carbons (Fsp3) is 0.727. The molecule has 0 heterocycles. The van der Waals surface area contributed by atoms with Crippen LogP contribution in [0.1, 0.15) is 33.1 Å². The van der Waals surface area contributed by atoms with Crippen LogP contribution in [0, 0.1) is 5.92 Å². The number of aliphatic hydroxyl groups is 1. The highest BCUT2D eigenvalue weighted by molar-refractivity contribution is 5.74. The summed E-state index contributed by atoms with van der Waals surface area (Å²) in [5.74, 6) is -0.791. The van der Waals surface area contributed by atoms with E-state index in [4.69, 9.17) is 4.74 Å². The molecule has 0 radical (unpaired) electrons. The molecule has 0 aromatic heterocycles. The molecule has 0 amide bonds. The van der Waals surface area contributed by atoms with Crippen molar-refractivity contribution in [2.75, 3.05) is 6.61 Å². The zero-order valence-corrected chi connectivity index (χ0v) is 8.82. The van der Waals surface area contributed by atoms with E-state index in [-0.39, 0.29) is 5.97 Å². The summed E-state index contributed by atoms with van der Waals surface area (Å²) in [5, 5.41) is 10.1. The third kappa shape index (κ3) is 2.35. The van der Waals surface area contributed by atoms with Gasteiger partial charge in [-0.15, -0.1) is 0 Å². The molecule has 1 aliphatic carbocycles. The predicted octanol–water partition coefficient (Wildman–Crippen LogP) is 1.66. The van der Waals surface area contributed by atoms with Crippen LogP contribution < -0.4 is 0 Å². The summed E-state index contributed by atoms with van der Waals surface area (Å²) in [7, 11) is 0. The zero-order chi connectivity index (χ0) is 10.6. The van der Waals surface area contributed by atoms with Gasteiger partial charge in [-0.1, -0.05) is 12.2 Å². The summed E-state index contributed by atoms with van der Waals surface area (Å²) in [5.41, 5.74) is -0.996. The Morgan fingerprint density at radius 3 is 2.93 bits per heavy atom. The van der Waals surface area contributed by atoms with Crippen molar-refractivity contribution in [3.05, 3.63) is 12.2 Å². The van der Waals surface area contributed by atoms with Crippen LogP contribution in [0.2, 0.25) is 0 Å². The lowest BCUT2D eigenvalue weighted by molar-refractivity contribution is -0.154. The van der Waals surface area contributed by atoms with Crippen molar-refractivity contribution in [2.24, 2.45) is 5.92 Å². The Hall–Kier alpha value is -0.830. The van der Waals surface area contributed by atoms with Crippen LogP contribution in [-0.4, -0.2) is 23.3 Å². The number of esters is 1. The van der Waals surface area contributed by atoms with Gasteiger partial charge in [0.15, 0.2) is 0 Å². The molecule has 0 spiro atoms.